The Hall–Kier alpha value is -2.56. The number of benzene rings is 3. The van der Waals surface area contributed by atoms with Crippen molar-refractivity contribution in [2.24, 2.45) is 5.92 Å². The molecule has 7 rings (SSSR count). The molecule has 365 valence electrons. The van der Waals surface area contributed by atoms with Crippen molar-refractivity contribution in [2.45, 2.75) is 80.5 Å². The molecule has 14 nitrogen and oxygen atoms in total. The number of halogens is 6. The zero-order valence-electron chi connectivity index (χ0n) is 40.1. The van der Waals surface area contributed by atoms with Crippen LogP contribution in [0.4, 0.5) is 17.5 Å². The Morgan fingerprint density at radius 2 is 0.914 bits per heavy atom. The first kappa shape index (κ1) is 58.3. The first-order valence-electron chi connectivity index (χ1n) is 22.6. The van der Waals surface area contributed by atoms with E-state index in [0.717, 1.165) is 107 Å². The molecule has 0 unspecified atom stereocenters. The number of hydrogen-bond acceptors (Lipinski definition) is 14. The molecule has 1 aliphatic rings. The van der Waals surface area contributed by atoms with Crippen LogP contribution in [0.15, 0.2) is 68.4 Å². The van der Waals surface area contributed by atoms with Crippen LogP contribution in [0.1, 0.15) is 29.5 Å². The molecule has 1 radical (unpaired) electrons. The van der Waals surface area contributed by atoms with Crippen molar-refractivity contribution in [3.05, 3.63) is 100 Å². The number of rotatable bonds is 14. The van der Waals surface area contributed by atoms with Crippen LogP contribution in [0, 0.1) is 19.8 Å². The van der Waals surface area contributed by atoms with Gasteiger partial charge in [-0.3, -0.25) is 4.90 Å². The van der Waals surface area contributed by atoms with Crippen LogP contribution >= 0.6 is 82.6 Å². The average molecular weight is 1200 g/mol. The number of fused-ring (bicyclic) bond motifs is 3. The topological polar surface area (TPSA) is 190 Å². The van der Waals surface area contributed by atoms with E-state index in [-0.39, 0.29) is 0 Å². The first-order valence-corrected chi connectivity index (χ1v) is 26.2. The minimum Gasteiger partial charge on any atom is -0.433 e. The highest BCUT2D eigenvalue weighted by molar-refractivity contribution is 9.11. The van der Waals surface area contributed by atoms with Gasteiger partial charge in [-0.2, -0.15) is 0 Å². The van der Waals surface area contributed by atoms with Crippen molar-refractivity contribution in [1.82, 2.24) is 19.9 Å². The van der Waals surface area contributed by atoms with E-state index in [4.69, 9.17) is 34.8 Å². The summed E-state index contributed by atoms with van der Waals surface area (Å²) in [6.07, 6.45) is 8.89. The lowest BCUT2D eigenvalue weighted by atomic mass is 9.69. The molecular weight excluding hydrogens is 1150 g/mol. The molecule has 1 aliphatic heterocycles. The summed E-state index contributed by atoms with van der Waals surface area (Å²) in [5, 5.41) is 66.7. The molecule has 4 heterocycles. The van der Waals surface area contributed by atoms with Gasteiger partial charge >= 0.3 is 42.3 Å². The lowest BCUT2D eigenvalue weighted by molar-refractivity contribution is 0.185. The predicted octanol–water partition coefficient (Wildman–Crippen LogP) is 9.17. The molecule has 1 saturated heterocycles. The number of carbonyl (C=O) groups excluding carboxylic acids is 1. The number of piperidine rings is 1. The predicted molar refractivity (Wildman–Crippen MR) is 309 cm³/mol. The largest absolute Gasteiger partial charge is 0.433 e. The van der Waals surface area contributed by atoms with Gasteiger partial charge in [0.2, 0.25) is 0 Å². The molecule has 6 aromatic rings. The Bertz CT molecular complexity index is 2660. The normalized spacial score (nSPS) is 12.7. The van der Waals surface area contributed by atoms with E-state index in [1.807, 2.05) is 32.0 Å². The number of aryl methyl sites for hydroxylation is 2. The molecule has 0 amide bonds. The number of hydrogen-bond donors (Lipinski definition) is 6. The van der Waals surface area contributed by atoms with Gasteiger partial charge in [0.25, 0.3) is 0 Å². The third kappa shape index (κ3) is 14.2. The molecule has 3 aromatic heterocycles. The summed E-state index contributed by atoms with van der Waals surface area (Å²) in [4.78, 5) is 26.0. The van der Waals surface area contributed by atoms with E-state index in [0.29, 0.717) is 38.4 Å². The fraction of sp³-hybridized carbons (Fsp3) is 0.349. The van der Waals surface area contributed by atoms with Gasteiger partial charge in [-0.25, -0.2) is 15.0 Å². The monoisotopic (exact) mass is 1200 g/mol. The van der Waals surface area contributed by atoms with Gasteiger partial charge in [-0.15, -0.1) is 0 Å². The van der Waals surface area contributed by atoms with E-state index >= 15 is 0 Å². The van der Waals surface area contributed by atoms with Crippen LogP contribution < -0.4 is 14.2 Å². The summed E-state index contributed by atoms with van der Waals surface area (Å²) in [6, 6.07) is 11.4. The number of carbonyl (C=O) groups is 1. The molecular formula is C43H53B7Br3Cl3N7O7. The van der Waals surface area contributed by atoms with Crippen LogP contribution in [0.2, 0.25) is 62.3 Å². The summed E-state index contributed by atoms with van der Waals surface area (Å²) in [6.45, 7) is 16.1. The van der Waals surface area contributed by atoms with Crippen molar-refractivity contribution >= 4 is 188 Å². The molecule has 1 fully saturated rings. The van der Waals surface area contributed by atoms with Crippen LogP contribution in [0.5, 0.6) is 0 Å². The van der Waals surface area contributed by atoms with Gasteiger partial charge in [-0.05, 0) is 188 Å². The summed E-state index contributed by atoms with van der Waals surface area (Å²) in [7, 11) is -3.57. The highest BCUT2D eigenvalue weighted by Crippen LogP contribution is 2.38. The summed E-state index contributed by atoms with van der Waals surface area (Å²) in [5.74, 6) is 2.05. The summed E-state index contributed by atoms with van der Waals surface area (Å²) in [5.41, 5.74) is 2.94. The summed E-state index contributed by atoms with van der Waals surface area (Å²) >= 11 is 29.5. The molecule has 0 atom stereocenters. The standard InChI is InChI=1S/C19H25B3BrClN3O3.2C12H14B2BrClN2O2/c1-21(29)27(22(2)30)19-16-8-18(24)14(7-15(16)17(23)10-25-19)11-26-5-3-13(4-6-26)9-20-12-28;2*1-7-4-8-9(5-11(7)16)12(17-6-10(8)15)18(13(2)19)14(3)20/h7-8,10,12-13,29-30H,3-6,9,11H2,1-2H3;2*4-6,19-20H,1-3H3. The first-order chi connectivity index (χ1) is 33.0. The van der Waals surface area contributed by atoms with Gasteiger partial charge in [0.15, 0.2) is 7.28 Å². The Morgan fingerprint density at radius 3 is 1.24 bits per heavy atom. The average Bonchev–Trinajstić information content (AvgIpc) is 3.28. The van der Waals surface area contributed by atoms with Crippen molar-refractivity contribution in [1.29, 1.82) is 0 Å². The number of nitrogens with zero attached hydrogens (tertiary/aromatic N) is 7. The van der Waals surface area contributed by atoms with Gasteiger partial charge in [-0.1, -0.05) is 41.1 Å². The minimum atomic E-state index is -0.905. The smallest absolute Gasteiger partial charge is 0.399 e. The number of aromatic nitrogens is 3. The van der Waals surface area contributed by atoms with E-state index in [1.165, 1.54) is 14.2 Å². The van der Waals surface area contributed by atoms with E-state index in [1.54, 1.807) is 78.9 Å². The van der Waals surface area contributed by atoms with Crippen molar-refractivity contribution in [3.63, 3.8) is 0 Å². The quantitative estimate of drug-likeness (QED) is 0.0447. The lowest BCUT2D eigenvalue weighted by Gasteiger charge is -2.32. The maximum absolute atomic E-state index is 10.5. The summed E-state index contributed by atoms with van der Waals surface area (Å²) < 4.78 is 6.82. The van der Waals surface area contributed by atoms with Gasteiger partial charge in [0.1, 0.15) is 17.5 Å². The Kier molecular flexibility index (Phi) is 21.7. The molecule has 70 heavy (non-hydrogen) atoms. The van der Waals surface area contributed by atoms with Gasteiger partial charge < -0.3 is 49.1 Å². The third-order valence-corrected chi connectivity index (χ3v) is 15.1. The Morgan fingerprint density at radius 1 is 0.586 bits per heavy atom. The molecule has 6 N–H and O–H groups in total. The van der Waals surface area contributed by atoms with Gasteiger partial charge in [0.05, 0.1) is 6.19 Å². The van der Waals surface area contributed by atoms with E-state index < -0.39 is 42.3 Å². The van der Waals surface area contributed by atoms with Crippen molar-refractivity contribution < 1.29 is 34.9 Å². The highest BCUT2D eigenvalue weighted by atomic mass is 79.9. The molecule has 27 heteroatoms. The molecule has 0 saturated carbocycles. The number of anilines is 3. The van der Waals surface area contributed by atoms with Crippen molar-refractivity contribution in [2.75, 3.05) is 27.3 Å². The zero-order valence-corrected chi connectivity index (χ0v) is 47.2. The lowest BCUT2D eigenvalue weighted by Crippen LogP contribution is -2.47. The maximum Gasteiger partial charge on any atom is 0.399 e. The second-order valence-electron chi connectivity index (χ2n) is 17.4. The fourth-order valence-corrected chi connectivity index (χ4v) is 10.3. The molecule has 0 bridgehead atoms. The van der Waals surface area contributed by atoms with Crippen LogP contribution in [0.25, 0.3) is 32.3 Å². The zero-order chi connectivity index (χ0) is 51.9. The van der Waals surface area contributed by atoms with E-state index in [2.05, 4.69) is 73.7 Å². The highest BCUT2D eigenvalue weighted by Gasteiger charge is 2.31. The molecule has 0 spiro atoms. The SMILES string of the molecule is CB(O)N(B(C)O)c1ncc(Br)c2cc(C)c(Cl)cc12.CB(O)N(B(C)O)c1ncc(Br)c2cc(C)c(Cl)cc12.CB(O)N(B(C)O)c1ncc(Br)c2cc(CN3CCC(C[B]C=O)CC3)c(Cl)cc12. The maximum atomic E-state index is 10.5. The number of pyridine rings is 3. The minimum absolute atomic E-state index is 0.485. The Balaban J connectivity index is 0.000000202. The Labute approximate surface area is 453 Å². The van der Waals surface area contributed by atoms with Crippen LogP contribution in [-0.2, 0) is 11.3 Å². The molecule has 3 aromatic carbocycles. The fourth-order valence-electron chi connectivity index (χ4n) is 8.51. The van der Waals surface area contributed by atoms with Crippen molar-refractivity contribution in [3.8, 4) is 0 Å². The number of likely N-dealkylation sites (tertiary alicyclic amines) is 1. The van der Waals surface area contributed by atoms with E-state index in [9.17, 15) is 34.9 Å². The second-order valence-corrected chi connectivity index (χ2v) is 21.2. The second kappa shape index (κ2) is 26.1. The third-order valence-electron chi connectivity index (χ3n) is 12.0. The van der Waals surface area contributed by atoms with Gasteiger partial charge in [0, 0.05) is 85.9 Å². The van der Waals surface area contributed by atoms with Crippen LogP contribution in [0.3, 0.4) is 0 Å². The van der Waals surface area contributed by atoms with Crippen LogP contribution in [-0.4, -0.2) is 119 Å². The molecule has 0 aliphatic carbocycles.